The predicted molar refractivity (Wildman–Crippen MR) is 291 cm³/mol. The lowest BCUT2D eigenvalue weighted by molar-refractivity contribution is -0.148. The SMILES string of the molecule is CCC(C)C(C(CC(=O)N1CCCC1C(OC)C(C)C(=O)NC(CC(C)C)C(=O)NOCc1ccc(NC(=O)C(C)NC(=O)CCOCCOCCC(=O)O)cc1)OC)N(C)C(=O)C(NC(=O)C(C(C)C)N(C)C)C(C)C. The lowest BCUT2D eigenvalue weighted by Gasteiger charge is -2.41. The van der Waals surface area contributed by atoms with Crippen LogP contribution >= 0.6 is 0 Å². The largest absolute Gasteiger partial charge is 0.481 e. The first-order chi connectivity index (χ1) is 36.3. The summed E-state index contributed by atoms with van der Waals surface area (Å²) in [4.78, 5) is 116. The van der Waals surface area contributed by atoms with Crippen LogP contribution in [0, 0.1) is 29.6 Å². The number of carboxylic acids is 1. The van der Waals surface area contributed by atoms with Gasteiger partial charge in [0.25, 0.3) is 5.91 Å². The Hall–Kier alpha value is -5.26. The molecule has 0 aromatic heterocycles. The van der Waals surface area contributed by atoms with E-state index in [1.807, 2.05) is 74.4 Å². The van der Waals surface area contributed by atoms with Crippen LogP contribution in [-0.2, 0) is 68.7 Å². The molecule has 77 heavy (non-hydrogen) atoms. The molecular formula is C55H94N8O14. The number of aliphatic carboxylic acids is 1. The summed E-state index contributed by atoms with van der Waals surface area (Å²) in [6.07, 6.45) is 0.713. The Morgan fingerprint density at radius 1 is 0.753 bits per heavy atom. The van der Waals surface area contributed by atoms with Gasteiger partial charge in [-0.1, -0.05) is 80.9 Å². The fourth-order valence-electron chi connectivity index (χ4n) is 9.64. The van der Waals surface area contributed by atoms with E-state index >= 15 is 0 Å². The number of likely N-dealkylation sites (N-methyl/N-ethyl adjacent to an activating group) is 2. The van der Waals surface area contributed by atoms with Gasteiger partial charge in [-0.25, -0.2) is 5.48 Å². The molecule has 1 aliphatic heterocycles. The molecule has 1 aliphatic rings. The molecule has 0 saturated carbocycles. The van der Waals surface area contributed by atoms with Gasteiger partial charge in [-0.15, -0.1) is 0 Å². The first kappa shape index (κ1) is 67.8. The summed E-state index contributed by atoms with van der Waals surface area (Å²) in [5.41, 5.74) is 3.60. The van der Waals surface area contributed by atoms with Crippen molar-refractivity contribution in [3.05, 3.63) is 29.8 Å². The van der Waals surface area contributed by atoms with Gasteiger partial charge in [-0.3, -0.25) is 48.1 Å². The highest BCUT2D eigenvalue weighted by atomic mass is 16.7. The summed E-state index contributed by atoms with van der Waals surface area (Å²) in [6.45, 7) is 19.8. The Balaban J connectivity index is 2.05. The topological polar surface area (TPSA) is 273 Å². The van der Waals surface area contributed by atoms with E-state index in [4.69, 9.17) is 28.9 Å². The Labute approximate surface area is 457 Å². The number of hydroxylamine groups is 1. The first-order valence-electron chi connectivity index (χ1n) is 27.2. The van der Waals surface area contributed by atoms with E-state index in [0.717, 1.165) is 0 Å². The van der Waals surface area contributed by atoms with Crippen molar-refractivity contribution in [2.24, 2.45) is 29.6 Å². The zero-order chi connectivity index (χ0) is 58.1. The van der Waals surface area contributed by atoms with E-state index in [2.05, 4.69) is 26.7 Å². The van der Waals surface area contributed by atoms with Gasteiger partial charge >= 0.3 is 5.97 Å². The van der Waals surface area contributed by atoms with Gasteiger partial charge in [-0.2, -0.15) is 0 Å². The summed E-state index contributed by atoms with van der Waals surface area (Å²) >= 11 is 0. The molecule has 438 valence electrons. The van der Waals surface area contributed by atoms with Crippen LogP contribution in [0.4, 0.5) is 5.69 Å². The Kier molecular flexibility index (Phi) is 30.5. The third kappa shape index (κ3) is 22.6. The van der Waals surface area contributed by atoms with Crippen molar-refractivity contribution in [3.63, 3.8) is 0 Å². The molecule has 6 N–H and O–H groups in total. The Morgan fingerprint density at radius 2 is 1.38 bits per heavy atom. The predicted octanol–water partition coefficient (Wildman–Crippen LogP) is 3.75. The van der Waals surface area contributed by atoms with Gasteiger partial charge in [-0.05, 0) is 81.6 Å². The summed E-state index contributed by atoms with van der Waals surface area (Å²) in [6, 6.07) is 2.68. The number of amides is 7. The second-order valence-corrected chi connectivity index (χ2v) is 21.5. The number of carboxylic acid groups (broad SMARTS) is 1. The van der Waals surface area contributed by atoms with Crippen molar-refractivity contribution < 1.29 is 67.2 Å². The molecule has 0 spiro atoms. The highest BCUT2D eigenvalue weighted by Gasteiger charge is 2.43. The van der Waals surface area contributed by atoms with Gasteiger partial charge in [0, 0.05) is 39.9 Å². The van der Waals surface area contributed by atoms with Crippen molar-refractivity contribution in [1.29, 1.82) is 0 Å². The summed E-state index contributed by atoms with van der Waals surface area (Å²) in [7, 11) is 8.42. The van der Waals surface area contributed by atoms with Crippen LogP contribution in [-0.4, -0.2) is 184 Å². The normalized spacial score (nSPS) is 17.2. The van der Waals surface area contributed by atoms with Crippen LogP contribution in [0.5, 0.6) is 0 Å². The number of likely N-dealkylation sites (tertiary alicyclic amines) is 1. The van der Waals surface area contributed by atoms with Crippen molar-refractivity contribution in [3.8, 4) is 0 Å². The van der Waals surface area contributed by atoms with Crippen LogP contribution in [0.3, 0.4) is 0 Å². The molecule has 0 bridgehead atoms. The second kappa shape index (κ2) is 34.6. The van der Waals surface area contributed by atoms with Gasteiger partial charge < -0.3 is 55.1 Å². The number of anilines is 1. The minimum atomic E-state index is -0.958. The maximum absolute atomic E-state index is 14.4. The van der Waals surface area contributed by atoms with Crippen molar-refractivity contribution >= 4 is 53.0 Å². The molecule has 7 amide bonds. The monoisotopic (exact) mass is 1090 g/mol. The molecule has 2 rings (SSSR count). The van der Waals surface area contributed by atoms with E-state index in [9.17, 15) is 38.4 Å². The molecule has 1 saturated heterocycles. The number of methoxy groups -OCH3 is 2. The molecule has 22 heteroatoms. The van der Waals surface area contributed by atoms with Gasteiger partial charge in [0.2, 0.25) is 35.4 Å². The molecule has 1 aromatic carbocycles. The molecule has 22 nitrogen and oxygen atoms in total. The number of nitrogens with zero attached hydrogens (tertiary/aromatic N) is 3. The highest BCUT2D eigenvalue weighted by Crippen LogP contribution is 2.30. The third-order valence-corrected chi connectivity index (χ3v) is 14.0. The van der Waals surface area contributed by atoms with E-state index in [0.29, 0.717) is 43.5 Å². The summed E-state index contributed by atoms with van der Waals surface area (Å²) in [5, 5.41) is 19.9. The van der Waals surface area contributed by atoms with Crippen molar-refractivity contribution in [2.45, 2.75) is 169 Å². The second-order valence-electron chi connectivity index (χ2n) is 21.5. The highest BCUT2D eigenvalue weighted by molar-refractivity contribution is 5.97. The Bertz CT molecular complexity index is 2010. The molecule has 10 atom stereocenters. The van der Waals surface area contributed by atoms with E-state index in [-0.39, 0.29) is 99.6 Å². The van der Waals surface area contributed by atoms with Gasteiger partial charge in [0.15, 0.2) is 0 Å². The lowest BCUT2D eigenvalue weighted by atomic mass is 9.89. The standard InChI is InChI=1S/C55H94N8O14/c1-16-36(8)49(62(13)55(72)47(34(4)5)59-54(71)48(35(6)7)61(11)12)43(73-14)31-45(65)63-25-17-18-42(63)50(74-15)37(9)51(68)58-41(30-33(2)3)53(70)60-77-32-39-19-21-40(22-20-39)57-52(69)38(10)56-44(64)23-26-75-28-29-76-27-24-46(66)67/h19-22,33-38,41-43,47-50H,16-18,23-32H2,1-15H3,(H,56,64)(H,57,69)(H,58,68)(H,59,71)(H,60,70)(H,66,67). The molecule has 0 radical (unpaired) electrons. The summed E-state index contributed by atoms with van der Waals surface area (Å²) in [5.74, 6) is -4.53. The van der Waals surface area contributed by atoms with Crippen molar-refractivity contribution in [2.75, 3.05) is 73.7 Å². The number of hydrogen-bond donors (Lipinski definition) is 6. The Morgan fingerprint density at radius 3 is 1.91 bits per heavy atom. The lowest BCUT2D eigenvalue weighted by Crippen LogP contribution is -2.59. The van der Waals surface area contributed by atoms with Crippen LogP contribution < -0.4 is 26.7 Å². The molecule has 1 aromatic rings. The zero-order valence-electron chi connectivity index (χ0n) is 48.6. The maximum atomic E-state index is 14.4. The van der Waals surface area contributed by atoms with Gasteiger partial charge in [0.05, 0.1) is 82.1 Å². The number of benzene rings is 1. The number of rotatable bonds is 36. The molecule has 0 aliphatic carbocycles. The van der Waals surface area contributed by atoms with E-state index in [1.54, 1.807) is 55.0 Å². The molecular weight excluding hydrogens is 997 g/mol. The fourth-order valence-corrected chi connectivity index (χ4v) is 9.64. The molecule has 10 unspecified atom stereocenters. The van der Waals surface area contributed by atoms with E-state index < -0.39 is 78.1 Å². The quantitative estimate of drug-likeness (QED) is 0.0413. The number of hydrogen-bond acceptors (Lipinski definition) is 14. The van der Waals surface area contributed by atoms with Crippen LogP contribution in [0.15, 0.2) is 24.3 Å². The summed E-state index contributed by atoms with van der Waals surface area (Å²) < 4.78 is 22.5. The third-order valence-electron chi connectivity index (χ3n) is 14.0. The van der Waals surface area contributed by atoms with Crippen molar-refractivity contribution in [1.82, 2.24) is 36.1 Å². The number of nitrogens with one attached hydrogen (secondary N) is 5. The number of ether oxygens (including phenoxy) is 4. The minimum absolute atomic E-state index is 0.0108. The molecule has 1 fully saturated rings. The van der Waals surface area contributed by atoms with Crippen LogP contribution in [0.1, 0.15) is 120 Å². The van der Waals surface area contributed by atoms with E-state index in [1.165, 1.54) is 14.2 Å². The first-order valence-corrected chi connectivity index (χ1v) is 27.2. The van der Waals surface area contributed by atoms with Gasteiger partial charge in [0.1, 0.15) is 18.1 Å². The van der Waals surface area contributed by atoms with Crippen LogP contribution in [0.25, 0.3) is 0 Å². The smallest absolute Gasteiger partial charge is 0.305 e. The average molecular weight is 1090 g/mol. The number of carbonyl (C=O) groups is 8. The molecule has 1 heterocycles. The van der Waals surface area contributed by atoms with Crippen LogP contribution in [0.2, 0.25) is 0 Å². The zero-order valence-corrected chi connectivity index (χ0v) is 48.6. The average Bonchev–Trinajstić information content (AvgIpc) is 3.85. The number of carbonyl (C=O) groups excluding carboxylic acids is 7. The fraction of sp³-hybridized carbons (Fsp3) is 0.745. The minimum Gasteiger partial charge on any atom is -0.481 e. The maximum Gasteiger partial charge on any atom is 0.305 e.